The summed E-state index contributed by atoms with van der Waals surface area (Å²) in [7, 11) is 1.66. The first-order chi connectivity index (χ1) is 12.7. The highest BCUT2D eigenvalue weighted by molar-refractivity contribution is 5.78. The Morgan fingerprint density at radius 1 is 1.31 bits per heavy atom. The minimum Gasteiger partial charge on any atom is -0.497 e. The van der Waals surface area contributed by atoms with Crippen molar-refractivity contribution in [2.75, 3.05) is 33.3 Å². The van der Waals surface area contributed by atoms with Gasteiger partial charge in [0.2, 0.25) is 11.8 Å². The average Bonchev–Trinajstić information content (AvgIpc) is 3.42. The van der Waals surface area contributed by atoms with Crippen LogP contribution < -0.4 is 10.1 Å². The van der Waals surface area contributed by atoms with E-state index in [1.165, 1.54) is 18.4 Å². The molecule has 0 radical (unpaired) electrons. The van der Waals surface area contributed by atoms with Crippen LogP contribution >= 0.6 is 0 Å². The normalized spacial score (nSPS) is 17.0. The number of methoxy groups -OCH3 is 1. The zero-order valence-corrected chi connectivity index (χ0v) is 15.6. The molecule has 6 heteroatoms. The largest absolute Gasteiger partial charge is 0.497 e. The number of rotatable bonds is 10. The Labute approximate surface area is 155 Å². The molecule has 1 N–H and O–H groups in total. The van der Waals surface area contributed by atoms with E-state index in [4.69, 9.17) is 4.74 Å². The van der Waals surface area contributed by atoms with E-state index in [9.17, 15) is 9.59 Å². The number of amides is 2. The number of carbonyl (C=O) groups is 2. The maximum atomic E-state index is 12.3. The molecule has 6 nitrogen and oxygen atoms in total. The summed E-state index contributed by atoms with van der Waals surface area (Å²) in [6.07, 6.45) is 4.79. The van der Waals surface area contributed by atoms with Gasteiger partial charge in [-0.1, -0.05) is 12.1 Å². The zero-order chi connectivity index (χ0) is 18.4. The zero-order valence-electron chi connectivity index (χ0n) is 15.6. The van der Waals surface area contributed by atoms with E-state index >= 15 is 0 Å². The molecule has 2 amide bonds. The molecular formula is C20H29N3O3. The van der Waals surface area contributed by atoms with Gasteiger partial charge < -0.3 is 15.0 Å². The van der Waals surface area contributed by atoms with Crippen LogP contribution in [0.1, 0.15) is 37.7 Å². The van der Waals surface area contributed by atoms with E-state index in [2.05, 4.69) is 22.3 Å². The first-order valence-electron chi connectivity index (χ1n) is 9.57. The van der Waals surface area contributed by atoms with Crippen LogP contribution in [0.3, 0.4) is 0 Å². The molecule has 0 atom stereocenters. The number of carbonyl (C=O) groups excluding carboxylic acids is 2. The molecule has 1 aliphatic heterocycles. The van der Waals surface area contributed by atoms with Crippen LogP contribution in [0.15, 0.2) is 24.3 Å². The Balaban J connectivity index is 1.39. The third kappa shape index (κ3) is 5.46. The van der Waals surface area contributed by atoms with Gasteiger partial charge in [-0.15, -0.1) is 0 Å². The summed E-state index contributed by atoms with van der Waals surface area (Å²) in [6, 6.07) is 8.54. The lowest BCUT2D eigenvalue weighted by Gasteiger charge is -2.22. The highest BCUT2D eigenvalue weighted by Crippen LogP contribution is 2.28. The van der Waals surface area contributed by atoms with Crippen molar-refractivity contribution in [3.05, 3.63) is 29.8 Å². The lowest BCUT2D eigenvalue weighted by Crippen LogP contribution is -2.39. The maximum absolute atomic E-state index is 12.3. The molecular weight excluding hydrogens is 330 g/mol. The first-order valence-corrected chi connectivity index (χ1v) is 9.57. The van der Waals surface area contributed by atoms with E-state index in [0.717, 1.165) is 38.2 Å². The Bertz CT molecular complexity index is 613. The Kier molecular flexibility index (Phi) is 6.50. The monoisotopic (exact) mass is 359 g/mol. The average molecular weight is 359 g/mol. The fourth-order valence-corrected chi connectivity index (χ4v) is 3.40. The number of nitrogens with zero attached hydrogens (tertiary/aromatic N) is 2. The van der Waals surface area contributed by atoms with Gasteiger partial charge in [-0.2, -0.15) is 0 Å². The highest BCUT2D eigenvalue weighted by atomic mass is 16.5. The van der Waals surface area contributed by atoms with Gasteiger partial charge in [-0.25, -0.2) is 0 Å². The number of nitrogens with one attached hydrogen (secondary N) is 1. The molecule has 142 valence electrons. The predicted octanol–water partition coefficient (Wildman–Crippen LogP) is 1.79. The highest BCUT2D eigenvalue weighted by Gasteiger charge is 2.30. The Morgan fingerprint density at radius 2 is 2.08 bits per heavy atom. The molecule has 1 aromatic rings. The molecule has 0 spiro atoms. The smallest absolute Gasteiger partial charge is 0.234 e. The van der Waals surface area contributed by atoms with Crippen molar-refractivity contribution < 1.29 is 14.3 Å². The van der Waals surface area contributed by atoms with Crippen molar-refractivity contribution in [3.63, 3.8) is 0 Å². The molecule has 1 saturated carbocycles. The summed E-state index contributed by atoms with van der Waals surface area (Å²) in [5.41, 5.74) is 1.19. The van der Waals surface area contributed by atoms with Crippen LogP contribution in [0.25, 0.3) is 0 Å². The maximum Gasteiger partial charge on any atom is 0.234 e. The fraction of sp³-hybridized carbons (Fsp3) is 0.600. The van der Waals surface area contributed by atoms with E-state index in [0.29, 0.717) is 25.6 Å². The minimum absolute atomic E-state index is 0.0677. The van der Waals surface area contributed by atoms with Crippen molar-refractivity contribution in [1.82, 2.24) is 15.1 Å². The van der Waals surface area contributed by atoms with Crippen molar-refractivity contribution in [2.24, 2.45) is 0 Å². The van der Waals surface area contributed by atoms with Gasteiger partial charge in [0.1, 0.15) is 5.75 Å². The van der Waals surface area contributed by atoms with Crippen LogP contribution in [0.5, 0.6) is 5.75 Å². The lowest BCUT2D eigenvalue weighted by atomic mass is 10.2. The van der Waals surface area contributed by atoms with Crippen LogP contribution in [-0.2, 0) is 16.1 Å². The van der Waals surface area contributed by atoms with Gasteiger partial charge >= 0.3 is 0 Å². The van der Waals surface area contributed by atoms with E-state index in [1.54, 1.807) is 7.11 Å². The molecule has 1 aromatic carbocycles. The predicted molar refractivity (Wildman–Crippen MR) is 99.9 cm³/mol. The van der Waals surface area contributed by atoms with Gasteiger partial charge in [0, 0.05) is 38.6 Å². The first kappa shape index (κ1) is 18.7. The summed E-state index contributed by atoms with van der Waals surface area (Å²) < 4.78 is 5.19. The quantitative estimate of drug-likeness (QED) is 0.647. The van der Waals surface area contributed by atoms with E-state index in [1.807, 2.05) is 17.0 Å². The second-order valence-electron chi connectivity index (χ2n) is 7.17. The SMILES string of the molecule is COc1ccc(CN(CC(=O)NCCCN2CCCC2=O)C2CC2)cc1. The topological polar surface area (TPSA) is 61.9 Å². The molecule has 1 aliphatic carbocycles. The summed E-state index contributed by atoms with van der Waals surface area (Å²) in [5.74, 6) is 1.16. The number of benzene rings is 1. The van der Waals surface area contributed by atoms with Crippen molar-refractivity contribution in [2.45, 2.75) is 44.7 Å². The van der Waals surface area contributed by atoms with Crippen molar-refractivity contribution in [3.8, 4) is 5.75 Å². The second kappa shape index (κ2) is 9.03. The van der Waals surface area contributed by atoms with Crippen LogP contribution in [0.4, 0.5) is 0 Å². The molecule has 2 fully saturated rings. The van der Waals surface area contributed by atoms with Gasteiger partial charge in [-0.3, -0.25) is 14.5 Å². The van der Waals surface area contributed by atoms with E-state index in [-0.39, 0.29) is 11.8 Å². The Hall–Kier alpha value is -2.08. The minimum atomic E-state index is 0.0677. The number of likely N-dealkylation sites (tertiary alicyclic amines) is 1. The van der Waals surface area contributed by atoms with Gasteiger partial charge in [0.05, 0.1) is 13.7 Å². The van der Waals surface area contributed by atoms with Crippen molar-refractivity contribution in [1.29, 1.82) is 0 Å². The van der Waals surface area contributed by atoms with E-state index < -0.39 is 0 Å². The van der Waals surface area contributed by atoms with Gasteiger partial charge in [-0.05, 0) is 43.4 Å². The third-order valence-corrected chi connectivity index (χ3v) is 5.05. The lowest BCUT2D eigenvalue weighted by molar-refractivity contribution is -0.127. The molecule has 0 unspecified atom stereocenters. The Morgan fingerprint density at radius 3 is 2.69 bits per heavy atom. The summed E-state index contributed by atoms with van der Waals surface area (Å²) in [4.78, 5) is 28.0. The molecule has 1 saturated heterocycles. The standard InChI is InChI=1S/C20H29N3O3/c1-26-18-9-5-16(6-10-18)14-23(17-7-8-17)15-19(24)21-11-3-13-22-12-2-4-20(22)25/h5-6,9-10,17H,2-4,7-8,11-15H2,1H3,(H,21,24). The van der Waals surface area contributed by atoms with Gasteiger partial charge in [0.15, 0.2) is 0 Å². The van der Waals surface area contributed by atoms with Gasteiger partial charge in [0.25, 0.3) is 0 Å². The summed E-state index contributed by atoms with van der Waals surface area (Å²) in [6.45, 7) is 3.45. The molecule has 26 heavy (non-hydrogen) atoms. The van der Waals surface area contributed by atoms with Crippen LogP contribution in [0.2, 0.25) is 0 Å². The molecule has 0 bridgehead atoms. The molecule has 2 aliphatic rings. The molecule has 1 heterocycles. The number of hydrogen-bond donors (Lipinski definition) is 1. The van der Waals surface area contributed by atoms with Crippen LogP contribution in [-0.4, -0.2) is 60.9 Å². The second-order valence-corrected chi connectivity index (χ2v) is 7.17. The van der Waals surface area contributed by atoms with Crippen LogP contribution in [0, 0.1) is 0 Å². The number of ether oxygens (including phenoxy) is 1. The van der Waals surface area contributed by atoms with Crippen molar-refractivity contribution >= 4 is 11.8 Å². The molecule has 3 rings (SSSR count). The number of hydrogen-bond acceptors (Lipinski definition) is 4. The third-order valence-electron chi connectivity index (χ3n) is 5.05. The molecule has 0 aromatic heterocycles. The summed E-state index contributed by atoms with van der Waals surface area (Å²) in [5, 5.41) is 3.00. The summed E-state index contributed by atoms with van der Waals surface area (Å²) >= 11 is 0. The fourth-order valence-electron chi connectivity index (χ4n) is 3.40.